The van der Waals surface area contributed by atoms with E-state index >= 15 is 0 Å². The number of carbonyl (C=O) groups is 1. The number of benzene rings is 2. The number of hydrogen-bond donors (Lipinski definition) is 1. The predicted molar refractivity (Wildman–Crippen MR) is 68.4 cm³/mol. The lowest BCUT2D eigenvalue weighted by atomic mass is 10.2. The minimum absolute atomic E-state index is 0.149. The van der Waals surface area contributed by atoms with E-state index < -0.39 is 23.4 Å². The number of halogens is 4. The molecule has 98 valence electrons. The Balaban J connectivity index is 2.22. The minimum Gasteiger partial charge on any atom is -0.322 e. The molecule has 0 unspecified atom stereocenters. The number of anilines is 1. The van der Waals surface area contributed by atoms with Crippen molar-refractivity contribution in [3.05, 3.63) is 63.9 Å². The third-order valence-electron chi connectivity index (χ3n) is 2.35. The Morgan fingerprint density at radius 2 is 1.53 bits per heavy atom. The first-order valence-corrected chi connectivity index (χ1v) is 5.98. The van der Waals surface area contributed by atoms with Crippen LogP contribution in [0, 0.1) is 17.5 Å². The van der Waals surface area contributed by atoms with Crippen LogP contribution in [0.5, 0.6) is 0 Å². The largest absolute Gasteiger partial charge is 0.322 e. The molecule has 2 aromatic carbocycles. The van der Waals surface area contributed by atoms with Gasteiger partial charge in [0.2, 0.25) is 0 Å². The van der Waals surface area contributed by atoms with Gasteiger partial charge in [0, 0.05) is 27.9 Å². The lowest BCUT2D eigenvalue weighted by Gasteiger charge is -2.06. The van der Waals surface area contributed by atoms with Crippen molar-refractivity contribution in [2.45, 2.75) is 0 Å². The zero-order chi connectivity index (χ0) is 14.0. The fraction of sp³-hybridized carbons (Fsp3) is 0. The molecule has 0 heterocycles. The molecule has 0 radical (unpaired) electrons. The first kappa shape index (κ1) is 13.6. The van der Waals surface area contributed by atoms with Crippen LogP contribution in [0.15, 0.2) is 40.9 Å². The molecule has 19 heavy (non-hydrogen) atoms. The maximum atomic E-state index is 13.0. The van der Waals surface area contributed by atoms with Crippen LogP contribution in [0.2, 0.25) is 0 Å². The lowest BCUT2D eigenvalue weighted by Crippen LogP contribution is -2.12. The predicted octanol–water partition coefficient (Wildman–Crippen LogP) is 4.12. The summed E-state index contributed by atoms with van der Waals surface area (Å²) in [5, 5.41) is 2.29. The van der Waals surface area contributed by atoms with Crippen LogP contribution in [0.4, 0.5) is 18.9 Å². The van der Waals surface area contributed by atoms with E-state index in [1.807, 2.05) is 0 Å². The van der Waals surface area contributed by atoms with Crippen molar-refractivity contribution >= 4 is 27.5 Å². The van der Waals surface area contributed by atoms with Crippen molar-refractivity contribution in [3.63, 3.8) is 0 Å². The number of amides is 1. The Hall–Kier alpha value is -1.82. The fourth-order valence-electron chi connectivity index (χ4n) is 1.43. The highest BCUT2D eigenvalue weighted by atomic mass is 79.9. The number of carbonyl (C=O) groups excluding carboxylic acids is 1. The molecule has 0 aliphatic rings. The van der Waals surface area contributed by atoms with Crippen LogP contribution < -0.4 is 5.32 Å². The summed E-state index contributed by atoms with van der Waals surface area (Å²) in [6.45, 7) is 0. The minimum atomic E-state index is -1.57. The molecule has 0 saturated heterocycles. The summed E-state index contributed by atoms with van der Waals surface area (Å²) in [7, 11) is 0. The molecular formula is C13H7BrF3NO. The monoisotopic (exact) mass is 329 g/mol. The molecule has 0 saturated carbocycles. The second-order valence-electron chi connectivity index (χ2n) is 3.71. The molecule has 6 heteroatoms. The summed E-state index contributed by atoms with van der Waals surface area (Å²) in [6.07, 6.45) is 0. The zero-order valence-electron chi connectivity index (χ0n) is 9.38. The summed E-state index contributed by atoms with van der Waals surface area (Å²) < 4.78 is 39.5. The average Bonchev–Trinajstić information content (AvgIpc) is 2.36. The molecule has 0 atom stereocenters. The van der Waals surface area contributed by atoms with Crippen LogP contribution in [-0.2, 0) is 0 Å². The van der Waals surface area contributed by atoms with E-state index in [0.717, 1.165) is 16.6 Å². The van der Waals surface area contributed by atoms with E-state index in [4.69, 9.17) is 0 Å². The Kier molecular flexibility index (Phi) is 3.90. The topological polar surface area (TPSA) is 29.1 Å². The Labute approximate surface area is 115 Å². The third kappa shape index (κ3) is 3.14. The van der Waals surface area contributed by atoms with Gasteiger partial charge in [0.05, 0.1) is 0 Å². The second-order valence-corrected chi connectivity index (χ2v) is 4.63. The Morgan fingerprint density at radius 3 is 2.05 bits per heavy atom. The summed E-state index contributed by atoms with van der Waals surface area (Å²) in [5.41, 5.74) is 0.165. The Morgan fingerprint density at radius 1 is 1.00 bits per heavy atom. The molecule has 2 rings (SSSR count). The van der Waals surface area contributed by atoms with Gasteiger partial charge >= 0.3 is 0 Å². The van der Waals surface area contributed by atoms with E-state index in [0.29, 0.717) is 5.56 Å². The van der Waals surface area contributed by atoms with Crippen molar-refractivity contribution < 1.29 is 18.0 Å². The van der Waals surface area contributed by atoms with Crippen molar-refractivity contribution in [3.8, 4) is 0 Å². The van der Waals surface area contributed by atoms with Gasteiger partial charge in [-0.15, -0.1) is 0 Å². The quantitative estimate of drug-likeness (QED) is 0.825. The molecule has 0 aromatic heterocycles. The summed E-state index contributed by atoms with van der Waals surface area (Å²) in [5.74, 6) is -4.82. The zero-order valence-corrected chi connectivity index (χ0v) is 11.0. The fourth-order valence-corrected chi connectivity index (χ4v) is 1.70. The van der Waals surface area contributed by atoms with E-state index in [-0.39, 0.29) is 5.69 Å². The molecule has 2 nitrogen and oxygen atoms in total. The first-order valence-electron chi connectivity index (χ1n) is 5.19. The van der Waals surface area contributed by atoms with Gasteiger partial charge in [0.1, 0.15) is 0 Å². The normalized spacial score (nSPS) is 10.3. The first-order chi connectivity index (χ1) is 8.97. The highest BCUT2D eigenvalue weighted by Crippen LogP contribution is 2.18. The third-order valence-corrected chi connectivity index (χ3v) is 2.88. The molecule has 0 bridgehead atoms. The summed E-state index contributed by atoms with van der Waals surface area (Å²) >= 11 is 3.22. The van der Waals surface area contributed by atoms with Crippen LogP contribution in [0.25, 0.3) is 0 Å². The van der Waals surface area contributed by atoms with E-state index in [2.05, 4.69) is 21.2 Å². The van der Waals surface area contributed by atoms with Crippen molar-refractivity contribution in [2.24, 2.45) is 0 Å². The van der Waals surface area contributed by atoms with E-state index in [1.54, 1.807) is 12.1 Å². The molecular weight excluding hydrogens is 323 g/mol. The van der Waals surface area contributed by atoms with Gasteiger partial charge in [0.15, 0.2) is 17.5 Å². The van der Waals surface area contributed by atoms with Crippen LogP contribution in [0.1, 0.15) is 10.4 Å². The number of rotatable bonds is 2. The van der Waals surface area contributed by atoms with Crippen LogP contribution in [-0.4, -0.2) is 5.91 Å². The average molecular weight is 330 g/mol. The van der Waals surface area contributed by atoms with Gasteiger partial charge in [-0.3, -0.25) is 4.79 Å². The van der Waals surface area contributed by atoms with Crippen molar-refractivity contribution in [2.75, 3.05) is 5.32 Å². The van der Waals surface area contributed by atoms with Gasteiger partial charge in [-0.25, -0.2) is 13.2 Å². The van der Waals surface area contributed by atoms with Crippen LogP contribution >= 0.6 is 15.9 Å². The summed E-state index contributed by atoms with van der Waals surface area (Å²) in [4.78, 5) is 11.8. The van der Waals surface area contributed by atoms with Crippen molar-refractivity contribution in [1.29, 1.82) is 0 Å². The van der Waals surface area contributed by atoms with Gasteiger partial charge < -0.3 is 5.32 Å². The van der Waals surface area contributed by atoms with Gasteiger partial charge in [-0.05, 0) is 24.3 Å². The van der Waals surface area contributed by atoms with E-state index in [9.17, 15) is 18.0 Å². The van der Waals surface area contributed by atoms with Gasteiger partial charge in [-0.2, -0.15) is 0 Å². The van der Waals surface area contributed by atoms with E-state index in [1.165, 1.54) is 12.1 Å². The highest BCUT2D eigenvalue weighted by Gasteiger charge is 2.12. The maximum Gasteiger partial charge on any atom is 0.255 e. The lowest BCUT2D eigenvalue weighted by molar-refractivity contribution is 0.102. The Bertz CT molecular complexity index is 605. The molecule has 0 fully saturated rings. The molecule has 0 aliphatic carbocycles. The van der Waals surface area contributed by atoms with Gasteiger partial charge in [-0.1, -0.05) is 15.9 Å². The summed E-state index contributed by atoms with van der Waals surface area (Å²) in [6, 6.07) is 7.82. The second kappa shape index (κ2) is 5.44. The molecule has 1 amide bonds. The highest BCUT2D eigenvalue weighted by molar-refractivity contribution is 9.10. The SMILES string of the molecule is O=C(Nc1cc(F)c(F)c(F)c1)c1ccc(Br)cc1. The maximum absolute atomic E-state index is 13.0. The number of hydrogen-bond acceptors (Lipinski definition) is 1. The molecule has 0 aliphatic heterocycles. The van der Waals surface area contributed by atoms with Crippen molar-refractivity contribution in [1.82, 2.24) is 0 Å². The van der Waals surface area contributed by atoms with Crippen LogP contribution in [0.3, 0.4) is 0 Å². The standard InChI is InChI=1S/C13H7BrF3NO/c14-8-3-1-7(2-4-8)13(19)18-9-5-10(15)12(17)11(16)6-9/h1-6H,(H,18,19). The van der Waals surface area contributed by atoms with Gasteiger partial charge in [0.25, 0.3) is 5.91 Å². The molecule has 0 spiro atoms. The molecule has 1 N–H and O–H groups in total. The molecule has 2 aromatic rings. The number of nitrogens with one attached hydrogen (secondary N) is 1. The smallest absolute Gasteiger partial charge is 0.255 e.